The zero-order valence-electron chi connectivity index (χ0n) is 10.8. The quantitative estimate of drug-likeness (QED) is 0.874. The zero-order chi connectivity index (χ0) is 14.1. The maximum absolute atomic E-state index is 12.5. The van der Waals surface area contributed by atoms with Crippen LogP contribution in [0, 0.1) is 0 Å². The normalized spacial score (nSPS) is 17.4. The van der Waals surface area contributed by atoms with Gasteiger partial charge in [-0.15, -0.1) is 0 Å². The average molecular weight is 271 g/mol. The summed E-state index contributed by atoms with van der Waals surface area (Å²) in [7, 11) is 0. The van der Waals surface area contributed by atoms with Gasteiger partial charge in [0.2, 0.25) is 5.91 Å². The Labute approximate surface area is 115 Å². The van der Waals surface area contributed by atoms with Gasteiger partial charge in [-0.05, 0) is 18.2 Å². The molecule has 6 heteroatoms. The number of amides is 2. The minimum absolute atomic E-state index is 0.263. The van der Waals surface area contributed by atoms with Crippen LogP contribution >= 0.6 is 0 Å². The highest BCUT2D eigenvalue weighted by atomic mass is 16.3. The van der Waals surface area contributed by atoms with Gasteiger partial charge >= 0.3 is 0 Å². The number of nitrogens with one attached hydrogen (secondary N) is 2. The molecule has 20 heavy (non-hydrogen) atoms. The first kappa shape index (κ1) is 12.3. The van der Waals surface area contributed by atoms with E-state index in [0.717, 1.165) is 11.3 Å². The lowest BCUT2D eigenvalue weighted by molar-refractivity contribution is -0.123. The van der Waals surface area contributed by atoms with Crippen LogP contribution in [0.4, 0.5) is 5.69 Å². The fraction of sp³-hybridized carbons (Fsp3) is 0.143. The van der Waals surface area contributed by atoms with Crippen molar-refractivity contribution in [3.8, 4) is 0 Å². The topological polar surface area (TPSA) is 74.6 Å². The van der Waals surface area contributed by atoms with Gasteiger partial charge in [-0.1, -0.05) is 12.1 Å². The molecule has 0 fully saturated rings. The van der Waals surface area contributed by atoms with E-state index in [4.69, 9.17) is 4.42 Å². The molecule has 1 atom stereocenters. The van der Waals surface area contributed by atoms with Crippen LogP contribution in [0.1, 0.15) is 29.0 Å². The molecule has 102 valence electrons. The molecule has 1 aliphatic rings. The summed E-state index contributed by atoms with van der Waals surface area (Å²) in [5.74, 6) is -0.575. The van der Waals surface area contributed by atoms with Crippen molar-refractivity contribution in [2.45, 2.75) is 13.1 Å². The van der Waals surface area contributed by atoms with Crippen molar-refractivity contribution >= 4 is 17.5 Å². The molecule has 0 spiro atoms. The molecule has 0 bridgehead atoms. The minimum atomic E-state index is -0.500. The summed E-state index contributed by atoms with van der Waals surface area (Å²) in [5.41, 5.74) is 4.54. The molecular formula is C14H13N3O3. The first-order valence-electron chi connectivity index (χ1n) is 6.15. The van der Waals surface area contributed by atoms with Crippen LogP contribution in [0.2, 0.25) is 0 Å². The molecule has 1 aromatic carbocycles. The summed E-state index contributed by atoms with van der Waals surface area (Å²) >= 11 is 0. The Balaban J connectivity index is 2.04. The second kappa shape index (κ2) is 4.73. The van der Waals surface area contributed by atoms with Gasteiger partial charge < -0.3 is 9.73 Å². The van der Waals surface area contributed by atoms with Crippen LogP contribution in [0.5, 0.6) is 0 Å². The Morgan fingerprint density at radius 1 is 1.35 bits per heavy atom. The second-order valence-corrected chi connectivity index (χ2v) is 4.49. The van der Waals surface area contributed by atoms with Gasteiger partial charge in [0.1, 0.15) is 0 Å². The monoisotopic (exact) mass is 271 g/mol. The number of benzene rings is 1. The molecule has 2 aromatic rings. The van der Waals surface area contributed by atoms with E-state index in [1.165, 1.54) is 24.5 Å². The van der Waals surface area contributed by atoms with Crippen LogP contribution < -0.4 is 10.7 Å². The van der Waals surface area contributed by atoms with E-state index in [1.54, 1.807) is 18.2 Å². The predicted molar refractivity (Wildman–Crippen MR) is 71.5 cm³/mol. The third-order valence-electron chi connectivity index (χ3n) is 3.06. The highest BCUT2D eigenvalue weighted by Gasteiger charge is 2.34. The zero-order valence-corrected chi connectivity index (χ0v) is 10.8. The molecule has 0 unspecified atom stereocenters. The Morgan fingerprint density at radius 3 is 2.85 bits per heavy atom. The number of hydrazine groups is 1. The average Bonchev–Trinajstić information content (AvgIpc) is 2.95. The number of nitrogens with zero attached hydrogens (tertiary/aromatic N) is 1. The van der Waals surface area contributed by atoms with Crippen LogP contribution in [0.25, 0.3) is 0 Å². The molecule has 0 saturated carbocycles. The molecule has 0 radical (unpaired) electrons. The highest BCUT2D eigenvalue weighted by molar-refractivity contribution is 6.02. The fourth-order valence-corrected chi connectivity index (χ4v) is 2.20. The van der Waals surface area contributed by atoms with Crippen molar-refractivity contribution in [2.75, 3.05) is 5.32 Å². The Kier molecular flexibility index (Phi) is 2.90. The van der Waals surface area contributed by atoms with E-state index in [9.17, 15) is 9.59 Å². The van der Waals surface area contributed by atoms with Gasteiger partial charge in [0.05, 0.1) is 18.1 Å². The first-order valence-corrected chi connectivity index (χ1v) is 6.15. The number of hydrogen-bond acceptors (Lipinski definition) is 4. The smallest absolute Gasteiger partial charge is 0.276 e. The van der Waals surface area contributed by atoms with Gasteiger partial charge in [-0.25, -0.2) is 5.01 Å². The van der Waals surface area contributed by atoms with E-state index in [1.807, 2.05) is 12.1 Å². The van der Waals surface area contributed by atoms with Crippen molar-refractivity contribution in [1.82, 2.24) is 10.4 Å². The van der Waals surface area contributed by atoms with Crippen molar-refractivity contribution in [3.63, 3.8) is 0 Å². The predicted octanol–water partition coefficient (Wildman–Crippen LogP) is 1.90. The summed E-state index contributed by atoms with van der Waals surface area (Å²) in [6, 6.07) is 8.91. The standard InChI is InChI=1S/C14H13N3O3/c1-9(18)16-17-13(10-6-7-20-8-10)15-12-5-3-2-4-11(12)14(17)19/h2-8,13,15H,1H3,(H,16,18)/t13-/m1/s1. The summed E-state index contributed by atoms with van der Waals surface area (Å²) < 4.78 is 5.05. The molecule has 6 nitrogen and oxygen atoms in total. The van der Waals surface area contributed by atoms with Gasteiger partial charge in [-0.3, -0.25) is 15.0 Å². The number of carbonyl (C=O) groups is 2. The molecule has 1 aromatic heterocycles. The van der Waals surface area contributed by atoms with Crippen molar-refractivity contribution in [3.05, 3.63) is 54.0 Å². The Morgan fingerprint density at radius 2 is 2.15 bits per heavy atom. The van der Waals surface area contributed by atoms with E-state index in [0.29, 0.717) is 5.56 Å². The molecule has 1 aliphatic heterocycles. The van der Waals surface area contributed by atoms with E-state index < -0.39 is 6.17 Å². The first-order chi connectivity index (χ1) is 9.66. The molecule has 2 heterocycles. The Hall–Kier alpha value is -2.76. The van der Waals surface area contributed by atoms with Gasteiger partial charge in [0.25, 0.3) is 5.91 Å². The van der Waals surface area contributed by atoms with E-state index >= 15 is 0 Å². The summed E-state index contributed by atoms with van der Waals surface area (Å²) in [6.45, 7) is 1.36. The lowest BCUT2D eigenvalue weighted by Gasteiger charge is -2.36. The number of rotatable bonds is 2. The van der Waals surface area contributed by atoms with E-state index in [-0.39, 0.29) is 11.8 Å². The maximum atomic E-state index is 12.5. The summed E-state index contributed by atoms with van der Waals surface area (Å²) in [5, 5.41) is 4.49. The van der Waals surface area contributed by atoms with Crippen LogP contribution in [-0.2, 0) is 4.79 Å². The van der Waals surface area contributed by atoms with Crippen molar-refractivity contribution in [2.24, 2.45) is 0 Å². The number of furan rings is 1. The lowest BCUT2D eigenvalue weighted by atomic mass is 10.1. The lowest BCUT2D eigenvalue weighted by Crippen LogP contribution is -2.52. The second-order valence-electron chi connectivity index (χ2n) is 4.49. The molecular weight excluding hydrogens is 258 g/mol. The SMILES string of the molecule is CC(=O)NN1C(=O)c2ccccc2N[C@H]1c1ccoc1. The minimum Gasteiger partial charge on any atom is -0.472 e. The van der Waals surface area contributed by atoms with Gasteiger partial charge in [-0.2, -0.15) is 0 Å². The highest BCUT2D eigenvalue weighted by Crippen LogP contribution is 2.31. The van der Waals surface area contributed by atoms with Gasteiger partial charge in [0, 0.05) is 18.2 Å². The van der Waals surface area contributed by atoms with Crippen LogP contribution in [0.15, 0.2) is 47.3 Å². The molecule has 2 amide bonds. The van der Waals surface area contributed by atoms with Gasteiger partial charge in [0.15, 0.2) is 6.17 Å². The molecule has 0 aliphatic carbocycles. The van der Waals surface area contributed by atoms with E-state index in [2.05, 4.69) is 10.7 Å². The summed E-state index contributed by atoms with van der Waals surface area (Å²) in [6.07, 6.45) is 2.56. The third kappa shape index (κ3) is 2.01. The number of hydrogen-bond donors (Lipinski definition) is 2. The maximum Gasteiger partial charge on any atom is 0.276 e. The van der Waals surface area contributed by atoms with Crippen LogP contribution in [-0.4, -0.2) is 16.8 Å². The fourth-order valence-electron chi connectivity index (χ4n) is 2.20. The van der Waals surface area contributed by atoms with Crippen LogP contribution in [0.3, 0.4) is 0 Å². The molecule has 2 N–H and O–H groups in total. The number of fused-ring (bicyclic) bond motifs is 1. The Bertz CT molecular complexity index is 651. The number of para-hydroxylation sites is 1. The summed E-state index contributed by atoms with van der Waals surface area (Å²) in [4.78, 5) is 23.8. The molecule has 0 saturated heterocycles. The molecule has 3 rings (SSSR count). The van der Waals surface area contributed by atoms with Crippen molar-refractivity contribution in [1.29, 1.82) is 0 Å². The van der Waals surface area contributed by atoms with Crippen molar-refractivity contribution < 1.29 is 14.0 Å². The largest absolute Gasteiger partial charge is 0.472 e. The number of anilines is 1. The third-order valence-corrected chi connectivity index (χ3v) is 3.06. The number of carbonyl (C=O) groups excluding carboxylic acids is 2.